The molecule has 1 aliphatic rings. The number of halogens is 2. The first-order valence-electron chi connectivity index (χ1n) is 7.77. The highest BCUT2D eigenvalue weighted by molar-refractivity contribution is 5.85. The highest BCUT2D eigenvalue weighted by Gasteiger charge is 2.29. The van der Waals surface area contributed by atoms with Crippen molar-refractivity contribution in [1.29, 1.82) is 0 Å². The number of nitrogens with two attached hydrogens (primary N) is 2. The highest BCUT2D eigenvalue weighted by atomic mass is 35.5. The summed E-state index contributed by atoms with van der Waals surface area (Å²) in [5.41, 5.74) is 14.1. The van der Waals surface area contributed by atoms with Crippen molar-refractivity contribution in [3.8, 4) is 0 Å². The van der Waals surface area contributed by atoms with Gasteiger partial charge in [0.2, 0.25) is 5.95 Å². The van der Waals surface area contributed by atoms with E-state index >= 15 is 0 Å². The monoisotopic (exact) mass is 369 g/mol. The number of nitrogens with zero attached hydrogens (tertiary/aromatic N) is 3. The van der Waals surface area contributed by atoms with Crippen LogP contribution in [0.2, 0.25) is 0 Å². The van der Waals surface area contributed by atoms with Crippen LogP contribution in [0.4, 0.5) is 11.8 Å². The first-order chi connectivity index (χ1) is 10.6. The van der Waals surface area contributed by atoms with Crippen molar-refractivity contribution in [2.75, 3.05) is 24.2 Å². The summed E-state index contributed by atoms with van der Waals surface area (Å²) in [6.45, 7) is 0.893. The van der Waals surface area contributed by atoms with Crippen LogP contribution in [0.1, 0.15) is 30.0 Å². The molecule has 0 radical (unpaired) electrons. The number of benzene rings is 1. The van der Waals surface area contributed by atoms with Crippen molar-refractivity contribution in [3.63, 3.8) is 0 Å². The van der Waals surface area contributed by atoms with Gasteiger partial charge >= 0.3 is 0 Å². The lowest BCUT2D eigenvalue weighted by Crippen LogP contribution is -2.35. The molecule has 0 amide bonds. The molecule has 7 heteroatoms. The van der Waals surface area contributed by atoms with E-state index in [0.717, 1.165) is 37.3 Å². The fourth-order valence-electron chi connectivity index (χ4n) is 2.84. The van der Waals surface area contributed by atoms with E-state index in [0.29, 0.717) is 17.9 Å². The molecule has 3 rings (SSSR count). The molecule has 1 aromatic heterocycles. The second kappa shape index (κ2) is 9.06. The molecule has 1 fully saturated rings. The summed E-state index contributed by atoms with van der Waals surface area (Å²) in [4.78, 5) is 10.9. The van der Waals surface area contributed by atoms with Gasteiger partial charge in [-0.15, -0.1) is 24.8 Å². The molecule has 1 heterocycles. The van der Waals surface area contributed by atoms with Gasteiger partial charge in [0.05, 0.1) is 5.69 Å². The Balaban J connectivity index is 0.00000144. The topological polar surface area (TPSA) is 81.1 Å². The molecule has 5 nitrogen and oxygen atoms in total. The quantitative estimate of drug-likeness (QED) is 0.846. The van der Waals surface area contributed by atoms with Crippen LogP contribution in [-0.4, -0.2) is 29.6 Å². The lowest BCUT2D eigenvalue weighted by atomic mass is 9.78. The maximum Gasteiger partial charge on any atom is 0.222 e. The van der Waals surface area contributed by atoms with Gasteiger partial charge in [-0.3, -0.25) is 0 Å². The summed E-state index contributed by atoms with van der Waals surface area (Å²) >= 11 is 0. The highest BCUT2D eigenvalue weighted by Crippen LogP contribution is 2.35. The summed E-state index contributed by atoms with van der Waals surface area (Å²) in [6.07, 6.45) is 2.96. The van der Waals surface area contributed by atoms with Crippen molar-refractivity contribution in [2.45, 2.75) is 31.2 Å². The molecule has 1 aromatic carbocycles. The van der Waals surface area contributed by atoms with E-state index in [2.05, 4.69) is 45.2 Å². The van der Waals surface area contributed by atoms with Gasteiger partial charge in [-0.2, -0.15) is 4.98 Å². The Morgan fingerprint density at radius 3 is 2.42 bits per heavy atom. The van der Waals surface area contributed by atoms with Crippen molar-refractivity contribution >= 4 is 36.6 Å². The first-order valence-corrected chi connectivity index (χ1v) is 7.77. The SMILES string of the molecule is CN(CCc1ccccc1)c1cc(C2CC(N)C2)nc(N)n1.Cl.Cl. The van der Waals surface area contributed by atoms with E-state index < -0.39 is 0 Å². The lowest BCUT2D eigenvalue weighted by Gasteiger charge is -2.32. The minimum atomic E-state index is 0. The van der Waals surface area contributed by atoms with E-state index in [-0.39, 0.29) is 24.8 Å². The number of hydrogen-bond donors (Lipinski definition) is 2. The molecule has 132 valence electrons. The number of hydrogen-bond acceptors (Lipinski definition) is 5. The zero-order valence-electron chi connectivity index (χ0n) is 13.8. The molecular weight excluding hydrogens is 345 g/mol. The van der Waals surface area contributed by atoms with Crippen molar-refractivity contribution in [2.24, 2.45) is 5.73 Å². The summed E-state index contributed by atoms with van der Waals surface area (Å²) in [5.74, 6) is 1.67. The van der Waals surface area contributed by atoms with Crippen LogP contribution >= 0.6 is 24.8 Å². The second-order valence-electron chi connectivity index (χ2n) is 6.09. The molecule has 1 aliphatic carbocycles. The summed E-state index contributed by atoms with van der Waals surface area (Å²) in [5, 5.41) is 0. The predicted octanol–water partition coefficient (Wildman–Crippen LogP) is 2.79. The van der Waals surface area contributed by atoms with Gasteiger partial charge in [-0.05, 0) is 24.8 Å². The number of anilines is 2. The summed E-state index contributed by atoms with van der Waals surface area (Å²) in [6, 6.07) is 12.8. The van der Waals surface area contributed by atoms with Crippen molar-refractivity contribution < 1.29 is 0 Å². The minimum absolute atomic E-state index is 0. The van der Waals surface area contributed by atoms with Crippen LogP contribution in [0.15, 0.2) is 36.4 Å². The minimum Gasteiger partial charge on any atom is -0.368 e. The molecular formula is C17H25Cl2N5. The molecule has 2 aromatic rings. The number of likely N-dealkylation sites (N-methyl/N-ethyl adjacent to an activating group) is 1. The molecule has 0 atom stereocenters. The van der Waals surface area contributed by atoms with Crippen LogP contribution < -0.4 is 16.4 Å². The zero-order chi connectivity index (χ0) is 15.5. The second-order valence-corrected chi connectivity index (χ2v) is 6.09. The fraction of sp³-hybridized carbons (Fsp3) is 0.412. The maximum absolute atomic E-state index is 5.88. The Hall–Kier alpha value is -1.56. The normalized spacial score (nSPS) is 18.8. The Morgan fingerprint density at radius 2 is 1.79 bits per heavy atom. The van der Waals surface area contributed by atoms with Crippen LogP contribution in [0.5, 0.6) is 0 Å². The summed E-state index contributed by atoms with van der Waals surface area (Å²) < 4.78 is 0. The van der Waals surface area contributed by atoms with E-state index in [1.54, 1.807) is 0 Å². The van der Waals surface area contributed by atoms with Crippen LogP contribution in [0.3, 0.4) is 0 Å². The molecule has 0 spiro atoms. The molecule has 0 bridgehead atoms. The average Bonchev–Trinajstić information content (AvgIpc) is 2.50. The van der Waals surface area contributed by atoms with Gasteiger partial charge in [0, 0.05) is 31.6 Å². The largest absolute Gasteiger partial charge is 0.368 e. The number of aromatic nitrogens is 2. The van der Waals surface area contributed by atoms with Gasteiger partial charge in [0.15, 0.2) is 0 Å². The molecule has 24 heavy (non-hydrogen) atoms. The fourth-order valence-corrected chi connectivity index (χ4v) is 2.84. The van der Waals surface area contributed by atoms with Gasteiger partial charge in [-0.1, -0.05) is 30.3 Å². The van der Waals surface area contributed by atoms with Crippen molar-refractivity contribution in [1.82, 2.24) is 9.97 Å². The smallest absolute Gasteiger partial charge is 0.222 e. The maximum atomic E-state index is 5.88. The van der Waals surface area contributed by atoms with E-state index in [1.165, 1.54) is 5.56 Å². The van der Waals surface area contributed by atoms with Crippen LogP contribution in [-0.2, 0) is 6.42 Å². The Bertz CT molecular complexity index is 632. The van der Waals surface area contributed by atoms with E-state index in [1.807, 2.05) is 13.1 Å². The summed E-state index contributed by atoms with van der Waals surface area (Å²) in [7, 11) is 2.04. The van der Waals surface area contributed by atoms with Gasteiger partial charge < -0.3 is 16.4 Å². The van der Waals surface area contributed by atoms with Gasteiger partial charge in [0.25, 0.3) is 0 Å². The molecule has 4 N–H and O–H groups in total. The lowest BCUT2D eigenvalue weighted by molar-refractivity contribution is 0.345. The molecule has 0 saturated heterocycles. The average molecular weight is 370 g/mol. The number of nitrogen functional groups attached to an aromatic ring is 1. The molecule has 1 saturated carbocycles. The third-order valence-electron chi connectivity index (χ3n) is 4.31. The van der Waals surface area contributed by atoms with Gasteiger partial charge in [0.1, 0.15) is 5.82 Å². The molecule has 0 unspecified atom stereocenters. The third-order valence-corrected chi connectivity index (χ3v) is 4.31. The first kappa shape index (κ1) is 20.5. The standard InChI is InChI=1S/C17H23N5.2ClH/c1-22(8-7-12-5-3-2-4-6-12)16-11-15(20-17(19)21-16)13-9-14(18)10-13;;/h2-6,11,13-14H,7-10,18H2,1H3,(H2,19,20,21);2*1H. The zero-order valence-corrected chi connectivity index (χ0v) is 15.4. The molecule has 0 aliphatic heterocycles. The Morgan fingerprint density at radius 1 is 1.12 bits per heavy atom. The Kier molecular flexibility index (Phi) is 7.73. The predicted molar refractivity (Wildman–Crippen MR) is 104 cm³/mol. The number of rotatable bonds is 5. The van der Waals surface area contributed by atoms with E-state index in [4.69, 9.17) is 11.5 Å². The Labute approximate surface area is 155 Å². The van der Waals surface area contributed by atoms with Crippen LogP contribution in [0.25, 0.3) is 0 Å². The van der Waals surface area contributed by atoms with Crippen LogP contribution in [0, 0.1) is 0 Å². The van der Waals surface area contributed by atoms with Gasteiger partial charge in [-0.25, -0.2) is 4.98 Å². The third kappa shape index (κ3) is 4.97. The van der Waals surface area contributed by atoms with Crippen molar-refractivity contribution in [3.05, 3.63) is 47.7 Å². The van der Waals surface area contributed by atoms with E-state index in [9.17, 15) is 0 Å².